The Labute approximate surface area is 155 Å². The number of fused-ring (bicyclic) bond motifs is 2. The predicted molar refractivity (Wildman–Crippen MR) is 107 cm³/mol. The second-order valence-electron chi connectivity index (χ2n) is 6.50. The fraction of sp³-hybridized carbons (Fsp3) is 0.368. The van der Waals surface area contributed by atoms with Crippen molar-refractivity contribution in [3.05, 3.63) is 34.2 Å². The number of rotatable bonds is 3. The van der Waals surface area contributed by atoms with Crippen LogP contribution in [0.5, 0.6) is 0 Å². The number of anilines is 1. The molecule has 1 aliphatic rings. The first kappa shape index (κ1) is 16.7. The Morgan fingerprint density at radius 2 is 2.20 bits per heavy atom. The third kappa shape index (κ3) is 3.10. The number of likely N-dealkylation sites (N-methyl/N-ethyl adjacent to an activating group) is 1. The van der Waals surface area contributed by atoms with Crippen LogP contribution < -0.4 is 5.32 Å². The van der Waals surface area contributed by atoms with Crippen LogP contribution in [0.1, 0.15) is 29.9 Å². The summed E-state index contributed by atoms with van der Waals surface area (Å²) in [5.74, 6) is -0.0239. The van der Waals surface area contributed by atoms with E-state index in [0.717, 1.165) is 47.1 Å². The molecule has 130 valence electrons. The van der Waals surface area contributed by atoms with Gasteiger partial charge < -0.3 is 5.32 Å². The number of hydrogen-bond donors (Lipinski definition) is 1. The highest BCUT2D eigenvalue weighted by molar-refractivity contribution is 7.23. The van der Waals surface area contributed by atoms with Gasteiger partial charge in [-0.05, 0) is 43.1 Å². The van der Waals surface area contributed by atoms with Crippen LogP contribution in [0.4, 0.5) is 5.00 Å². The van der Waals surface area contributed by atoms with Crippen LogP contribution in [0.2, 0.25) is 0 Å². The molecule has 1 amide bonds. The van der Waals surface area contributed by atoms with Crippen LogP contribution in [0, 0.1) is 6.92 Å². The van der Waals surface area contributed by atoms with Gasteiger partial charge in [-0.25, -0.2) is 4.98 Å². The van der Waals surface area contributed by atoms with Crippen molar-refractivity contribution < 1.29 is 4.79 Å². The molecular weight excluding hydrogens is 350 g/mol. The molecule has 0 spiro atoms. The van der Waals surface area contributed by atoms with E-state index in [4.69, 9.17) is 4.98 Å². The van der Waals surface area contributed by atoms with E-state index in [0.29, 0.717) is 0 Å². The number of nitrogens with one attached hydrogen (secondary N) is 1. The quantitative estimate of drug-likeness (QED) is 0.728. The SMILES string of the molecule is CCN1CCc2c(sc(NC(C)=O)c2-c2nc3ccc(C)cc3s2)C1. The maximum Gasteiger partial charge on any atom is 0.221 e. The van der Waals surface area contributed by atoms with E-state index < -0.39 is 0 Å². The van der Waals surface area contributed by atoms with E-state index in [-0.39, 0.29) is 5.91 Å². The van der Waals surface area contributed by atoms with Crippen molar-refractivity contribution in [1.82, 2.24) is 9.88 Å². The zero-order valence-corrected chi connectivity index (χ0v) is 16.3. The summed E-state index contributed by atoms with van der Waals surface area (Å²) >= 11 is 3.43. The lowest BCUT2D eigenvalue weighted by Gasteiger charge is -2.25. The summed E-state index contributed by atoms with van der Waals surface area (Å²) in [5.41, 5.74) is 4.79. The zero-order chi connectivity index (χ0) is 17.6. The molecule has 6 heteroatoms. The second kappa shape index (κ2) is 6.52. The lowest BCUT2D eigenvalue weighted by molar-refractivity contribution is -0.114. The molecule has 0 unspecified atom stereocenters. The number of benzene rings is 1. The van der Waals surface area contributed by atoms with E-state index in [1.165, 1.54) is 20.7 Å². The van der Waals surface area contributed by atoms with Crippen LogP contribution in [0.3, 0.4) is 0 Å². The van der Waals surface area contributed by atoms with E-state index in [1.807, 2.05) is 0 Å². The van der Waals surface area contributed by atoms with Gasteiger partial charge in [0.15, 0.2) is 0 Å². The molecule has 0 radical (unpaired) electrons. The zero-order valence-electron chi connectivity index (χ0n) is 14.7. The normalized spacial score (nSPS) is 14.7. The van der Waals surface area contributed by atoms with Crippen LogP contribution in [0.15, 0.2) is 18.2 Å². The molecule has 0 fully saturated rings. The highest BCUT2D eigenvalue weighted by Gasteiger charge is 2.26. The number of carbonyl (C=O) groups is 1. The van der Waals surface area contributed by atoms with Gasteiger partial charge in [-0.1, -0.05) is 13.0 Å². The first-order valence-electron chi connectivity index (χ1n) is 8.57. The average molecular weight is 372 g/mol. The van der Waals surface area contributed by atoms with Gasteiger partial charge in [0.05, 0.1) is 10.2 Å². The van der Waals surface area contributed by atoms with E-state index >= 15 is 0 Å². The Bertz CT molecular complexity index is 957. The van der Waals surface area contributed by atoms with Crippen molar-refractivity contribution in [3.8, 4) is 10.6 Å². The number of aryl methyl sites for hydroxylation is 1. The smallest absolute Gasteiger partial charge is 0.221 e. The minimum atomic E-state index is -0.0239. The summed E-state index contributed by atoms with van der Waals surface area (Å²) < 4.78 is 1.20. The molecule has 0 atom stereocenters. The first-order chi connectivity index (χ1) is 12.0. The topological polar surface area (TPSA) is 45.2 Å². The molecule has 1 aromatic carbocycles. The fourth-order valence-corrected chi connectivity index (χ4v) is 5.88. The van der Waals surface area contributed by atoms with Gasteiger partial charge >= 0.3 is 0 Å². The Balaban J connectivity index is 1.86. The van der Waals surface area contributed by atoms with Gasteiger partial charge in [0.2, 0.25) is 5.91 Å². The molecule has 3 aromatic rings. The van der Waals surface area contributed by atoms with Gasteiger partial charge in [0.1, 0.15) is 10.0 Å². The number of thiazole rings is 1. The maximum absolute atomic E-state index is 11.7. The van der Waals surface area contributed by atoms with Crippen LogP contribution in [0.25, 0.3) is 20.8 Å². The van der Waals surface area contributed by atoms with Crippen molar-refractivity contribution in [2.75, 3.05) is 18.4 Å². The highest BCUT2D eigenvalue weighted by atomic mass is 32.1. The second-order valence-corrected chi connectivity index (χ2v) is 8.63. The van der Waals surface area contributed by atoms with Crippen molar-refractivity contribution in [2.45, 2.75) is 33.7 Å². The molecule has 0 bridgehead atoms. The highest BCUT2D eigenvalue weighted by Crippen LogP contribution is 2.45. The van der Waals surface area contributed by atoms with E-state index in [1.54, 1.807) is 29.6 Å². The average Bonchev–Trinajstić information content (AvgIpc) is 3.13. The number of aromatic nitrogens is 1. The molecular formula is C19H21N3OS2. The fourth-order valence-electron chi connectivity index (χ4n) is 3.34. The molecule has 4 nitrogen and oxygen atoms in total. The third-order valence-electron chi connectivity index (χ3n) is 4.63. The van der Waals surface area contributed by atoms with Crippen molar-refractivity contribution >= 4 is 43.8 Å². The van der Waals surface area contributed by atoms with E-state index in [9.17, 15) is 4.79 Å². The monoisotopic (exact) mass is 371 g/mol. The molecule has 2 aromatic heterocycles. The third-order valence-corrected chi connectivity index (χ3v) is 6.80. The summed E-state index contributed by atoms with van der Waals surface area (Å²) in [6.07, 6.45) is 1.02. The van der Waals surface area contributed by atoms with Gasteiger partial charge in [0, 0.05) is 30.5 Å². The summed E-state index contributed by atoms with van der Waals surface area (Å²) in [5, 5.41) is 5.02. The Hall–Kier alpha value is -1.76. The van der Waals surface area contributed by atoms with Crippen LogP contribution in [-0.2, 0) is 17.8 Å². The number of hydrogen-bond acceptors (Lipinski definition) is 5. The summed E-state index contributed by atoms with van der Waals surface area (Å²) in [7, 11) is 0. The minimum Gasteiger partial charge on any atom is -0.317 e. The molecule has 3 heterocycles. The summed E-state index contributed by atoms with van der Waals surface area (Å²) in [4.78, 5) is 20.4. The predicted octanol–water partition coefficient (Wildman–Crippen LogP) is 4.67. The molecule has 0 aliphatic carbocycles. The maximum atomic E-state index is 11.7. The molecule has 0 saturated heterocycles. The molecule has 1 aliphatic heterocycles. The van der Waals surface area contributed by atoms with Gasteiger partial charge in [-0.2, -0.15) is 0 Å². The van der Waals surface area contributed by atoms with Gasteiger partial charge in [0.25, 0.3) is 0 Å². The van der Waals surface area contributed by atoms with Gasteiger partial charge in [-0.3, -0.25) is 9.69 Å². The lowest BCUT2D eigenvalue weighted by Crippen LogP contribution is -2.29. The van der Waals surface area contributed by atoms with E-state index in [2.05, 4.69) is 42.3 Å². The van der Waals surface area contributed by atoms with Gasteiger partial charge in [-0.15, -0.1) is 22.7 Å². The molecule has 4 rings (SSSR count). The molecule has 1 N–H and O–H groups in total. The first-order valence-corrected chi connectivity index (χ1v) is 10.2. The van der Waals surface area contributed by atoms with Crippen LogP contribution >= 0.6 is 22.7 Å². The van der Waals surface area contributed by atoms with Crippen molar-refractivity contribution in [3.63, 3.8) is 0 Å². The molecule has 25 heavy (non-hydrogen) atoms. The summed E-state index contributed by atoms with van der Waals surface area (Å²) in [6.45, 7) is 8.96. The Morgan fingerprint density at radius 1 is 1.36 bits per heavy atom. The Kier molecular flexibility index (Phi) is 4.35. The number of carbonyl (C=O) groups excluding carboxylic acids is 1. The number of thiophene rings is 1. The van der Waals surface area contributed by atoms with Crippen LogP contribution in [-0.4, -0.2) is 28.9 Å². The molecule has 0 saturated carbocycles. The Morgan fingerprint density at radius 3 is 2.96 bits per heavy atom. The van der Waals surface area contributed by atoms with Crippen molar-refractivity contribution in [2.24, 2.45) is 0 Å². The number of nitrogens with zero attached hydrogens (tertiary/aromatic N) is 2. The minimum absolute atomic E-state index is 0.0239. The largest absolute Gasteiger partial charge is 0.317 e. The summed E-state index contributed by atoms with van der Waals surface area (Å²) in [6, 6.07) is 6.37. The standard InChI is InChI=1S/C19H21N3OS2/c1-4-22-8-7-13-16(10-22)25-18(20-12(3)23)17(13)19-21-14-6-5-11(2)9-15(14)24-19/h5-6,9H,4,7-8,10H2,1-3H3,(H,20,23). The van der Waals surface area contributed by atoms with Crippen molar-refractivity contribution in [1.29, 1.82) is 0 Å². The lowest BCUT2D eigenvalue weighted by atomic mass is 10.0. The number of amides is 1.